The van der Waals surface area contributed by atoms with Gasteiger partial charge in [-0.05, 0) is 64.7 Å². The number of carbonyl (C=O) groups excluding carboxylic acids is 2. The van der Waals surface area contributed by atoms with Crippen LogP contribution in [0.4, 0.5) is 10.2 Å². The summed E-state index contributed by atoms with van der Waals surface area (Å²) in [5.74, 6) is -0.835. The molecule has 1 aliphatic heterocycles. The van der Waals surface area contributed by atoms with Gasteiger partial charge in [-0.3, -0.25) is 9.59 Å². The van der Waals surface area contributed by atoms with Gasteiger partial charge in [0.1, 0.15) is 17.0 Å². The van der Waals surface area contributed by atoms with Gasteiger partial charge in [0.25, 0.3) is 5.91 Å². The van der Waals surface area contributed by atoms with Crippen molar-refractivity contribution in [2.45, 2.75) is 46.5 Å². The van der Waals surface area contributed by atoms with E-state index in [2.05, 4.69) is 25.2 Å². The largest absolute Gasteiger partial charge is 0.351 e. The summed E-state index contributed by atoms with van der Waals surface area (Å²) in [5, 5.41) is 3.63. The lowest BCUT2D eigenvalue weighted by molar-refractivity contribution is -0.109. The van der Waals surface area contributed by atoms with Crippen LogP contribution in [-0.2, 0) is 4.79 Å². The highest BCUT2D eigenvalue weighted by Crippen LogP contribution is 2.34. The molecule has 0 spiro atoms. The molecule has 0 atom stereocenters. The van der Waals surface area contributed by atoms with Crippen LogP contribution in [0, 0.1) is 6.92 Å². The summed E-state index contributed by atoms with van der Waals surface area (Å²) in [6.45, 7) is 8.88. The van der Waals surface area contributed by atoms with Gasteiger partial charge in [0, 0.05) is 12.6 Å². The Labute approximate surface area is 185 Å². The van der Waals surface area contributed by atoms with Gasteiger partial charge in [0.15, 0.2) is 5.82 Å². The Morgan fingerprint density at radius 2 is 2.06 bits per heavy atom. The van der Waals surface area contributed by atoms with Crippen molar-refractivity contribution < 1.29 is 14.0 Å². The molecule has 0 saturated carbocycles. The van der Waals surface area contributed by atoms with Crippen LogP contribution < -0.4 is 5.32 Å². The van der Waals surface area contributed by atoms with E-state index >= 15 is 0 Å². The van der Waals surface area contributed by atoms with E-state index in [4.69, 9.17) is 0 Å². The number of aromatic nitrogens is 2. The van der Waals surface area contributed by atoms with Gasteiger partial charge in [0.05, 0.1) is 16.0 Å². The van der Waals surface area contributed by atoms with Gasteiger partial charge in [-0.2, -0.15) is 0 Å². The Morgan fingerprint density at radius 3 is 2.77 bits per heavy atom. The standard InChI is InChI=1S/C22H28FN5O2S/c1-4-16(23)12-17(29)15(3)27-20-18-14(2)19(31-22(18)26-13-25-20)21(30)24-8-7-11-28-9-5-6-10-28/h12-13H,4-11H2,1-3H3,(H,24,30)/b16-12+,27-15?. The molecule has 0 bridgehead atoms. The Hall–Kier alpha value is -2.52. The zero-order valence-corrected chi connectivity index (χ0v) is 19.0. The van der Waals surface area contributed by atoms with E-state index < -0.39 is 11.6 Å². The molecular weight excluding hydrogens is 417 g/mol. The van der Waals surface area contributed by atoms with Crippen LogP contribution >= 0.6 is 11.3 Å². The fraction of sp³-hybridized carbons (Fsp3) is 0.500. The molecule has 1 fully saturated rings. The molecule has 1 amide bonds. The predicted octanol–water partition coefficient (Wildman–Crippen LogP) is 4.14. The number of carbonyl (C=O) groups is 2. The summed E-state index contributed by atoms with van der Waals surface area (Å²) in [6, 6.07) is 0. The van der Waals surface area contributed by atoms with Crippen LogP contribution in [0.5, 0.6) is 0 Å². The number of rotatable bonds is 9. The molecule has 0 aliphatic carbocycles. The summed E-state index contributed by atoms with van der Waals surface area (Å²) in [5.41, 5.74) is 0.856. The van der Waals surface area contributed by atoms with E-state index in [9.17, 15) is 14.0 Å². The molecule has 3 rings (SSSR count). The Balaban J connectivity index is 1.75. The maximum Gasteiger partial charge on any atom is 0.261 e. The molecule has 7 nitrogen and oxygen atoms in total. The van der Waals surface area contributed by atoms with Crippen LogP contribution in [0.15, 0.2) is 23.2 Å². The molecule has 0 unspecified atom stereocenters. The molecule has 9 heteroatoms. The second-order valence-corrected chi connectivity index (χ2v) is 8.60. The van der Waals surface area contributed by atoms with Crippen molar-refractivity contribution in [1.29, 1.82) is 0 Å². The van der Waals surface area contributed by atoms with Crippen molar-refractivity contribution in [3.05, 3.63) is 28.7 Å². The topological polar surface area (TPSA) is 87.5 Å². The normalized spacial score (nSPS) is 15.6. The highest BCUT2D eigenvalue weighted by molar-refractivity contribution is 7.20. The molecule has 0 aromatic carbocycles. The van der Waals surface area contributed by atoms with E-state index in [-0.39, 0.29) is 18.0 Å². The fourth-order valence-corrected chi connectivity index (χ4v) is 4.57. The summed E-state index contributed by atoms with van der Waals surface area (Å²) < 4.78 is 13.4. The number of ketones is 1. The van der Waals surface area contributed by atoms with Crippen LogP contribution in [-0.4, -0.2) is 58.4 Å². The Kier molecular flexibility index (Phi) is 7.97. The van der Waals surface area contributed by atoms with Gasteiger partial charge in [0.2, 0.25) is 5.78 Å². The van der Waals surface area contributed by atoms with Crippen LogP contribution in [0.1, 0.15) is 54.8 Å². The van der Waals surface area contributed by atoms with Gasteiger partial charge >= 0.3 is 0 Å². The molecule has 1 saturated heterocycles. The molecule has 2 aromatic heterocycles. The van der Waals surface area contributed by atoms with Gasteiger partial charge in [-0.25, -0.2) is 19.4 Å². The van der Waals surface area contributed by atoms with Crippen molar-refractivity contribution >= 4 is 44.8 Å². The van der Waals surface area contributed by atoms with Crippen molar-refractivity contribution in [3.63, 3.8) is 0 Å². The third kappa shape index (κ3) is 5.80. The number of halogens is 1. The predicted molar refractivity (Wildman–Crippen MR) is 122 cm³/mol. The minimum atomic E-state index is -0.505. The zero-order valence-electron chi connectivity index (χ0n) is 18.2. The number of nitrogens with zero attached hydrogens (tertiary/aromatic N) is 4. The number of hydrogen-bond donors (Lipinski definition) is 1. The number of likely N-dealkylation sites (tertiary alicyclic amines) is 1. The second kappa shape index (κ2) is 10.7. The molecule has 2 aromatic rings. The first-order chi connectivity index (χ1) is 14.9. The number of thiophene rings is 1. The van der Waals surface area contributed by atoms with E-state index in [1.54, 1.807) is 6.92 Å². The summed E-state index contributed by atoms with van der Waals surface area (Å²) >= 11 is 1.28. The minimum Gasteiger partial charge on any atom is -0.351 e. The third-order valence-corrected chi connectivity index (χ3v) is 6.50. The maximum atomic E-state index is 13.4. The molecule has 1 N–H and O–H groups in total. The van der Waals surface area contributed by atoms with E-state index in [0.717, 1.165) is 37.7 Å². The molecule has 0 radical (unpaired) electrons. The first-order valence-electron chi connectivity index (χ1n) is 10.6. The van der Waals surface area contributed by atoms with E-state index in [0.29, 0.717) is 27.5 Å². The highest BCUT2D eigenvalue weighted by Gasteiger charge is 2.20. The first kappa shape index (κ1) is 23.1. The Morgan fingerprint density at radius 1 is 1.32 bits per heavy atom. The third-order valence-electron chi connectivity index (χ3n) is 5.30. The number of aliphatic imine (C=N–C) groups is 1. The van der Waals surface area contributed by atoms with Gasteiger partial charge in [-0.15, -0.1) is 11.3 Å². The number of aryl methyl sites for hydroxylation is 1. The number of fused-ring (bicyclic) bond motifs is 1. The SMILES string of the molecule is CC/C(F)=C\C(=O)C(C)=Nc1ncnc2sc(C(=O)NCCCN3CCCC3)c(C)c12. The lowest BCUT2D eigenvalue weighted by Gasteiger charge is -2.14. The van der Waals surface area contributed by atoms with Crippen LogP contribution in [0.2, 0.25) is 0 Å². The van der Waals surface area contributed by atoms with Crippen LogP contribution in [0.25, 0.3) is 10.2 Å². The average Bonchev–Trinajstić information content (AvgIpc) is 3.39. The van der Waals surface area contributed by atoms with E-state index in [1.165, 1.54) is 37.4 Å². The lowest BCUT2D eigenvalue weighted by Crippen LogP contribution is -2.28. The van der Waals surface area contributed by atoms with Gasteiger partial charge < -0.3 is 10.2 Å². The number of nitrogens with one attached hydrogen (secondary N) is 1. The lowest BCUT2D eigenvalue weighted by atomic mass is 10.2. The van der Waals surface area contributed by atoms with E-state index in [1.807, 2.05) is 6.92 Å². The quantitative estimate of drug-likeness (QED) is 0.356. The van der Waals surface area contributed by atoms with Crippen molar-refractivity contribution in [3.8, 4) is 0 Å². The second-order valence-electron chi connectivity index (χ2n) is 7.60. The van der Waals surface area contributed by atoms with Crippen LogP contribution in [0.3, 0.4) is 0 Å². The summed E-state index contributed by atoms with van der Waals surface area (Å²) in [7, 11) is 0. The van der Waals surface area contributed by atoms with Gasteiger partial charge in [-0.1, -0.05) is 6.92 Å². The highest BCUT2D eigenvalue weighted by atomic mass is 32.1. The summed E-state index contributed by atoms with van der Waals surface area (Å²) in [6.07, 6.45) is 5.88. The van der Waals surface area contributed by atoms with Crippen molar-refractivity contribution in [2.24, 2.45) is 4.99 Å². The number of amides is 1. The molecular formula is C22H28FN5O2S. The molecule has 166 valence electrons. The average molecular weight is 446 g/mol. The monoisotopic (exact) mass is 445 g/mol. The number of hydrogen-bond acceptors (Lipinski definition) is 7. The number of allylic oxidation sites excluding steroid dienone is 2. The molecule has 3 heterocycles. The van der Waals surface area contributed by atoms with Crippen molar-refractivity contribution in [2.75, 3.05) is 26.2 Å². The molecule has 31 heavy (non-hydrogen) atoms. The first-order valence-corrected chi connectivity index (χ1v) is 11.4. The fourth-order valence-electron chi connectivity index (χ4n) is 3.51. The zero-order chi connectivity index (χ0) is 22.4. The Bertz CT molecular complexity index is 1020. The minimum absolute atomic E-state index is 0.127. The smallest absolute Gasteiger partial charge is 0.261 e. The molecule has 1 aliphatic rings. The van der Waals surface area contributed by atoms with Crippen molar-refractivity contribution in [1.82, 2.24) is 20.2 Å². The maximum absolute atomic E-state index is 13.4. The summed E-state index contributed by atoms with van der Waals surface area (Å²) in [4.78, 5) is 41.2.